The highest BCUT2D eigenvalue weighted by molar-refractivity contribution is 5.90. The summed E-state index contributed by atoms with van der Waals surface area (Å²) in [6.07, 6.45) is 5.30. The molecule has 0 saturated carbocycles. The lowest BCUT2D eigenvalue weighted by atomic mass is 10.1. The molecule has 0 aliphatic carbocycles. The van der Waals surface area contributed by atoms with Crippen molar-refractivity contribution in [2.75, 3.05) is 18.5 Å². The lowest BCUT2D eigenvalue weighted by Gasteiger charge is -2.26. The molecule has 1 saturated heterocycles. The molecular formula is C25H25N5O2. The summed E-state index contributed by atoms with van der Waals surface area (Å²) in [5.41, 5.74) is 5.50. The van der Waals surface area contributed by atoms with E-state index in [9.17, 15) is 10.2 Å². The van der Waals surface area contributed by atoms with E-state index in [-0.39, 0.29) is 11.5 Å². The summed E-state index contributed by atoms with van der Waals surface area (Å²) in [6.45, 7) is 2.89. The lowest BCUT2D eigenvalue weighted by Crippen LogP contribution is -2.29. The number of hydrogen-bond acceptors (Lipinski definition) is 7. The predicted octanol–water partition coefficient (Wildman–Crippen LogP) is 4.63. The predicted molar refractivity (Wildman–Crippen MR) is 127 cm³/mol. The van der Waals surface area contributed by atoms with Crippen LogP contribution in [0.15, 0.2) is 59.7 Å². The third-order valence-electron chi connectivity index (χ3n) is 5.86. The molecule has 3 N–H and O–H groups in total. The van der Waals surface area contributed by atoms with Crippen molar-refractivity contribution in [1.82, 2.24) is 14.9 Å². The zero-order valence-corrected chi connectivity index (χ0v) is 17.7. The molecule has 0 bridgehead atoms. The van der Waals surface area contributed by atoms with Crippen LogP contribution in [0.2, 0.25) is 0 Å². The third-order valence-corrected chi connectivity index (χ3v) is 5.86. The van der Waals surface area contributed by atoms with Gasteiger partial charge >= 0.3 is 0 Å². The number of pyridine rings is 2. The molecule has 1 fully saturated rings. The van der Waals surface area contributed by atoms with E-state index in [2.05, 4.69) is 25.4 Å². The minimum absolute atomic E-state index is 0.127. The highest BCUT2D eigenvalue weighted by atomic mass is 16.3. The number of piperidine rings is 1. The van der Waals surface area contributed by atoms with Crippen LogP contribution in [0.5, 0.6) is 11.5 Å². The van der Waals surface area contributed by atoms with Crippen LogP contribution in [-0.4, -0.2) is 44.4 Å². The Balaban J connectivity index is 1.35. The third kappa shape index (κ3) is 4.20. The number of hydrogen-bond donors (Lipinski definition) is 3. The molecule has 0 atom stereocenters. The number of likely N-dealkylation sites (tertiary alicyclic amines) is 1. The van der Waals surface area contributed by atoms with E-state index in [4.69, 9.17) is 0 Å². The van der Waals surface area contributed by atoms with Gasteiger partial charge in [-0.3, -0.25) is 10.3 Å². The zero-order valence-electron chi connectivity index (χ0n) is 17.7. The number of aromatic hydroxyl groups is 2. The van der Waals surface area contributed by atoms with Crippen LogP contribution in [-0.2, 0) is 6.54 Å². The number of nitrogens with one attached hydrogen (secondary N) is 1. The Morgan fingerprint density at radius 1 is 0.875 bits per heavy atom. The van der Waals surface area contributed by atoms with Gasteiger partial charge in [0.1, 0.15) is 28.4 Å². The molecule has 0 amide bonds. The van der Waals surface area contributed by atoms with E-state index >= 15 is 0 Å². The lowest BCUT2D eigenvalue weighted by molar-refractivity contribution is 0.218. The van der Waals surface area contributed by atoms with Crippen molar-refractivity contribution in [1.29, 1.82) is 0 Å². The number of nitrogens with zero attached hydrogens (tertiary/aromatic N) is 4. The van der Waals surface area contributed by atoms with Gasteiger partial charge in [-0.1, -0.05) is 36.8 Å². The van der Waals surface area contributed by atoms with Gasteiger partial charge in [-0.05, 0) is 50.2 Å². The fourth-order valence-electron chi connectivity index (χ4n) is 4.15. The average Bonchev–Trinajstić information content (AvgIpc) is 2.82. The smallest absolute Gasteiger partial charge is 0.147 e. The number of phenolic OH excluding ortho intramolecular Hbond substituents is 2. The maximum atomic E-state index is 10.9. The monoisotopic (exact) mass is 427 g/mol. The second-order valence-corrected chi connectivity index (χ2v) is 8.13. The Kier molecular flexibility index (Phi) is 5.56. The van der Waals surface area contributed by atoms with Gasteiger partial charge in [0.15, 0.2) is 0 Å². The van der Waals surface area contributed by atoms with E-state index in [1.165, 1.54) is 19.3 Å². The maximum absolute atomic E-state index is 10.9. The maximum Gasteiger partial charge on any atom is 0.147 e. The van der Waals surface area contributed by atoms with E-state index in [0.29, 0.717) is 22.5 Å². The molecule has 32 heavy (non-hydrogen) atoms. The van der Waals surface area contributed by atoms with Crippen LogP contribution in [0.25, 0.3) is 21.8 Å². The molecule has 1 aliphatic heterocycles. The van der Waals surface area contributed by atoms with E-state index in [0.717, 1.165) is 36.0 Å². The second kappa shape index (κ2) is 8.80. The van der Waals surface area contributed by atoms with Gasteiger partial charge in [0.05, 0.1) is 11.9 Å². The van der Waals surface area contributed by atoms with Crippen LogP contribution in [0.1, 0.15) is 30.5 Å². The van der Waals surface area contributed by atoms with Gasteiger partial charge < -0.3 is 10.2 Å². The first kappa shape index (κ1) is 20.2. The van der Waals surface area contributed by atoms with Crippen molar-refractivity contribution in [3.63, 3.8) is 0 Å². The summed E-state index contributed by atoms with van der Waals surface area (Å²) in [6, 6.07) is 16.7. The Morgan fingerprint density at radius 2 is 1.66 bits per heavy atom. The molecule has 3 heterocycles. The highest BCUT2D eigenvalue weighted by Gasteiger charge is 2.14. The van der Waals surface area contributed by atoms with Crippen molar-refractivity contribution in [2.24, 2.45) is 5.10 Å². The van der Waals surface area contributed by atoms with E-state index in [1.54, 1.807) is 24.4 Å². The highest BCUT2D eigenvalue weighted by Crippen LogP contribution is 2.29. The first-order valence-corrected chi connectivity index (χ1v) is 10.9. The first-order chi connectivity index (χ1) is 15.7. The first-order valence-electron chi connectivity index (χ1n) is 10.9. The fourth-order valence-corrected chi connectivity index (χ4v) is 4.15. The molecule has 5 rings (SSSR count). The van der Waals surface area contributed by atoms with E-state index in [1.807, 2.05) is 36.4 Å². The van der Waals surface area contributed by atoms with Gasteiger partial charge in [-0.25, -0.2) is 9.97 Å². The number of anilines is 1. The van der Waals surface area contributed by atoms with Gasteiger partial charge in [0, 0.05) is 22.9 Å². The molecule has 7 heteroatoms. The number of rotatable bonds is 5. The normalized spacial score (nSPS) is 15.0. The van der Waals surface area contributed by atoms with Gasteiger partial charge in [-0.2, -0.15) is 5.10 Å². The fraction of sp³-hybridized carbons (Fsp3) is 0.240. The Morgan fingerprint density at radius 3 is 2.53 bits per heavy atom. The minimum Gasteiger partial charge on any atom is -0.506 e. The van der Waals surface area contributed by atoms with Crippen molar-refractivity contribution in [3.8, 4) is 11.5 Å². The summed E-state index contributed by atoms with van der Waals surface area (Å²) in [4.78, 5) is 11.4. The number of aromatic nitrogens is 2. The van der Waals surface area contributed by atoms with Crippen molar-refractivity contribution < 1.29 is 10.2 Å². The zero-order chi connectivity index (χ0) is 21.9. The molecule has 4 aromatic rings. The van der Waals surface area contributed by atoms with Crippen LogP contribution < -0.4 is 5.43 Å². The average molecular weight is 428 g/mol. The molecule has 1 aliphatic rings. The van der Waals surface area contributed by atoms with Gasteiger partial charge in [0.25, 0.3) is 0 Å². The van der Waals surface area contributed by atoms with Crippen molar-refractivity contribution in [3.05, 3.63) is 65.9 Å². The summed E-state index contributed by atoms with van der Waals surface area (Å²) < 4.78 is 0. The van der Waals surface area contributed by atoms with Crippen LogP contribution in [0.3, 0.4) is 0 Å². The van der Waals surface area contributed by atoms with Crippen LogP contribution in [0, 0.1) is 0 Å². The number of benzene rings is 2. The van der Waals surface area contributed by atoms with Crippen LogP contribution in [0.4, 0.5) is 5.82 Å². The topological polar surface area (TPSA) is 93.9 Å². The molecule has 162 valence electrons. The number of phenols is 2. The Bertz CT molecular complexity index is 1300. The number of fused-ring (bicyclic) bond motifs is 2. The molecule has 0 unspecified atom stereocenters. The standard InChI is InChI=1S/C25H25N5O2/c31-21-6-4-5-17-10-12-22(28-23(17)21)29-26-15-20-11-9-18-7-8-19(25(32)24(18)27-20)16-30-13-2-1-3-14-30/h4-12,15,31-32H,1-3,13-14,16H2,(H,28,29)/b26-15+. The molecule has 0 radical (unpaired) electrons. The molecule has 7 nitrogen and oxygen atoms in total. The number of para-hydroxylation sites is 1. The Hall–Kier alpha value is -3.71. The minimum atomic E-state index is 0.127. The summed E-state index contributed by atoms with van der Waals surface area (Å²) >= 11 is 0. The number of hydrazone groups is 1. The molecule has 0 spiro atoms. The SMILES string of the molecule is Oc1cccc2ccc(N/N=C/c3ccc4ccc(CN5CCCCC5)c(O)c4n3)nc12. The summed E-state index contributed by atoms with van der Waals surface area (Å²) in [7, 11) is 0. The summed E-state index contributed by atoms with van der Waals surface area (Å²) in [5, 5.41) is 26.8. The van der Waals surface area contributed by atoms with Crippen LogP contribution >= 0.6 is 0 Å². The largest absolute Gasteiger partial charge is 0.506 e. The summed E-state index contributed by atoms with van der Waals surface area (Å²) in [5.74, 6) is 0.882. The Labute approximate surface area is 186 Å². The van der Waals surface area contributed by atoms with Crippen molar-refractivity contribution >= 4 is 33.8 Å². The van der Waals surface area contributed by atoms with E-state index < -0.39 is 0 Å². The van der Waals surface area contributed by atoms with Gasteiger partial charge in [-0.15, -0.1) is 0 Å². The quantitative estimate of drug-likeness (QED) is 0.318. The molecule has 2 aromatic carbocycles. The van der Waals surface area contributed by atoms with Crippen molar-refractivity contribution in [2.45, 2.75) is 25.8 Å². The second-order valence-electron chi connectivity index (χ2n) is 8.13. The molecular weight excluding hydrogens is 402 g/mol. The molecule has 2 aromatic heterocycles. The van der Waals surface area contributed by atoms with Gasteiger partial charge in [0.2, 0.25) is 0 Å².